The van der Waals surface area contributed by atoms with Gasteiger partial charge in [-0.15, -0.1) is 0 Å². The summed E-state index contributed by atoms with van der Waals surface area (Å²) in [6.45, 7) is 0. The lowest BCUT2D eigenvalue weighted by Gasteiger charge is -2.08. The highest BCUT2D eigenvalue weighted by molar-refractivity contribution is 7.89. The lowest BCUT2D eigenvalue weighted by Crippen LogP contribution is -2.09. The molecule has 7 nitrogen and oxygen atoms in total. The van der Waals surface area contributed by atoms with E-state index in [-0.39, 0.29) is 16.5 Å². The van der Waals surface area contributed by atoms with Crippen LogP contribution < -0.4 is 0 Å². The molecule has 0 radical (unpaired) electrons. The minimum Gasteiger partial charge on any atom is -0.508 e. The van der Waals surface area contributed by atoms with Crippen LogP contribution in [0.2, 0.25) is 0 Å². The maximum absolute atomic E-state index is 11.3. The summed E-state index contributed by atoms with van der Waals surface area (Å²) in [6, 6.07) is 5.69. The maximum Gasteiger partial charge on any atom is 0.296 e. The molecule has 0 atom stereocenters. The SMILES string of the molecule is O=S(=O)(O)c1ccc2ccc(O)cc2c1S(=O)(=O)O. The third-order valence-corrected chi connectivity index (χ3v) is 4.44. The number of phenolic OH excluding ortho intramolecular Hbond substituents is 1. The minimum absolute atomic E-state index is 0.211. The number of rotatable bonds is 2. The van der Waals surface area contributed by atoms with Crippen molar-refractivity contribution in [2.24, 2.45) is 0 Å². The Morgan fingerprint density at radius 1 is 0.842 bits per heavy atom. The van der Waals surface area contributed by atoms with Gasteiger partial charge in [-0.1, -0.05) is 12.1 Å². The molecule has 0 amide bonds. The smallest absolute Gasteiger partial charge is 0.296 e. The molecule has 2 rings (SSSR count). The first-order valence-electron chi connectivity index (χ1n) is 4.81. The van der Waals surface area contributed by atoms with Crippen LogP contribution in [0.5, 0.6) is 5.75 Å². The van der Waals surface area contributed by atoms with Crippen molar-refractivity contribution in [2.45, 2.75) is 9.79 Å². The molecule has 0 aliphatic heterocycles. The zero-order valence-corrected chi connectivity index (χ0v) is 10.8. The summed E-state index contributed by atoms with van der Waals surface area (Å²) in [7, 11) is -9.75. The van der Waals surface area contributed by atoms with Gasteiger partial charge in [0.05, 0.1) is 0 Å². The van der Waals surface area contributed by atoms with E-state index < -0.39 is 30.0 Å². The Bertz CT molecular complexity index is 866. The first-order chi connectivity index (χ1) is 8.60. The predicted octanol–water partition coefficient (Wildman–Crippen LogP) is 1.04. The first kappa shape index (κ1) is 13.7. The summed E-state index contributed by atoms with van der Waals surface area (Å²) in [6.07, 6.45) is 0. The molecule has 3 N–H and O–H groups in total. The second-order valence-corrected chi connectivity index (χ2v) is 6.50. The maximum atomic E-state index is 11.3. The molecule has 0 unspecified atom stereocenters. The number of hydrogen-bond acceptors (Lipinski definition) is 5. The van der Waals surface area contributed by atoms with Gasteiger partial charge in [0.25, 0.3) is 20.2 Å². The molecule has 0 aliphatic rings. The fourth-order valence-electron chi connectivity index (χ4n) is 1.73. The topological polar surface area (TPSA) is 129 Å². The van der Waals surface area contributed by atoms with Gasteiger partial charge in [0, 0.05) is 5.39 Å². The van der Waals surface area contributed by atoms with Gasteiger partial charge in [-0.25, -0.2) is 0 Å². The summed E-state index contributed by atoms with van der Waals surface area (Å²) in [5, 5.41) is 9.39. The minimum atomic E-state index is -4.91. The Kier molecular flexibility index (Phi) is 3.01. The molecule has 9 heteroatoms. The Hall–Kier alpha value is -1.68. The fourth-order valence-corrected chi connectivity index (χ4v) is 3.72. The van der Waals surface area contributed by atoms with Crippen molar-refractivity contribution in [3.8, 4) is 5.75 Å². The van der Waals surface area contributed by atoms with Crippen molar-refractivity contribution in [1.82, 2.24) is 0 Å². The summed E-state index contributed by atoms with van der Waals surface area (Å²) in [5.74, 6) is -0.315. The number of aromatic hydroxyl groups is 1. The largest absolute Gasteiger partial charge is 0.508 e. The monoisotopic (exact) mass is 304 g/mol. The molecular weight excluding hydrogens is 296 g/mol. The first-order valence-corrected chi connectivity index (χ1v) is 7.69. The summed E-state index contributed by atoms with van der Waals surface area (Å²) in [4.78, 5) is -1.92. The van der Waals surface area contributed by atoms with Crippen molar-refractivity contribution in [3.05, 3.63) is 30.3 Å². The number of benzene rings is 2. The molecule has 2 aromatic carbocycles. The van der Waals surface area contributed by atoms with E-state index in [1.165, 1.54) is 18.2 Å². The molecule has 2 aromatic rings. The number of phenols is 1. The van der Waals surface area contributed by atoms with Crippen LogP contribution in [-0.4, -0.2) is 31.0 Å². The van der Waals surface area contributed by atoms with Gasteiger partial charge < -0.3 is 5.11 Å². The molecule has 0 spiro atoms. The van der Waals surface area contributed by atoms with Crippen molar-refractivity contribution in [1.29, 1.82) is 0 Å². The fraction of sp³-hybridized carbons (Fsp3) is 0. The highest BCUT2D eigenvalue weighted by Gasteiger charge is 2.26. The van der Waals surface area contributed by atoms with E-state index in [4.69, 9.17) is 9.11 Å². The van der Waals surface area contributed by atoms with Crippen LogP contribution in [-0.2, 0) is 20.2 Å². The second kappa shape index (κ2) is 4.17. The van der Waals surface area contributed by atoms with Crippen LogP contribution in [0.1, 0.15) is 0 Å². The number of fused-ring (bicyclic) bond motifs is 1. The third kappa shape index (κ3) is 2.54. The van der Waals surface area contributed by atoms with Crippen molar-refractivity contribution < 1.29 is 31.0 Å². The second-order valence-electron chi connectivity index (χ2n) is 3.75. The molecule has 19 heavy (non-hydrogen) atoms. The van der Waals surface area contributed by atoms with E-state index in [0.29, 0.717) is 0 Å². The van der Waals surface area contributed by atoms with E-state index in [1.54, 1.807) is 0 Å². The molecule has 0 aromatic heterocycles. The van der Waals surface area contributed by atoms with Crippen LogP contribution >= 0.6 is 0 Å². The zero-order chi connectivity index (χ0) is 14.4. The van der Waals surface area contributed by atoms with Gasteiger partial charge in [-0.2, -0.15) is 16.8 Å². The number of hydrogen-bond donors (Lipinski definition) is 3. The predicted molar refractivity (Wildman–Crippen MR) is 65.2 cm³/mol. The normalized spacial score (nSPS) is 12.7. The molecule has 102 valence electrons. The molecule has 0 fully saturated rings. The van der Waals surface area contributed by atoms with Crippen LogP contribution in [0.25, 0.3) is 10.8 Å². The Morgan fingerprint density at radius 3 is 1.95 bits per heavy atom. The van der Waals surface area contributed by atoms with Gasteiger partial charge in [0.2, 0.25) is 0 Å². The average Bonchev–Trinajstić information content (AvgIpc) is 2.24. The summed E-state index contributed by atoms with van der Waals surface area (Å²) in [5.41, 5.74) is 0. The molecule has 0 bridgehead atoms. The quantitative estimate of drug-likeness (QED) is 0.707. The summed E-state index contributed by atoms with van der Waals surface area (Å²) < 4.78 is 63.1. The Balaban J connectivity index is 3.10. The van der Waals surface area contributed by atoms with Gasteiger partial charge in [0.1, 0.15) is 15.5 Å². The van der Waals surface area contributed by atoms with Crippen molar-refractivity contribution in [3.63, 3.8) is 0 Å². The standard InChI is InChI=1S/C10H8O7S2/c11-7-3-1-6-2-4-9(18(12,13)14)10(8(6)5-7)19(15,16)17/h1-5,11H,(H,12,13,14)(H,15,16,17). The highest BCUT2D eigenvalue weighted by atomic mass is 32.2. The third-order valence-electron chi connectivity index (χ3n) is 2.46. The van der Waals surface area contributed by atoms with Gasteiger partial charge in [0.15, 0.2) is 0 Å². The van der Waals surface area contributed by atoms with E-state index in [0.717, 1.165) is 12.1 Å². The van der Waals surface area contributed by atoms with Gasteiger partial charge in [-0.3, -0.25) is 9.11 Å². The van der Waals surface area contributed by atoms with Crippen LogP contribution in [0, 0.1) is 0 Å². The van der Waals surface area contributed by atoms with Gasteiger partial charge in [-0.05, 0) is 23.6 Å². The molecular formula is C10H8O7S2. The van der Waals surface area contributed by atoms with Crippen molar-refractivity contribution in [2.75, 3.05) is 0 Å². The molecule has 0 saturated heterocycles. The molecule has 0 heterocycles. The van der Waals surface area contributed by atoms with Gasteiger partial charge >= 0.3 is 0 Å². The van der Waals surface area contributed by atoms with Crippen LogP contribution in [0.4, 0.5) is 0 Å². The van der Waals surface area contributed by atoms with E-state index >= 15 is 0 Å². The zero-order valence-electron chi connectivity index (χ0n) is 9.18. The Labute approximate surface area is 108 Å². The van der Waals surface area contributed by atoms with E-state index in [1.807, 2.05) is 0 Å². The lowest BCUT2D eigenvalue weighted by atomic mass is 10.1. The van der Waals surface area contributed by atoms with E-state index in [2.05, 4.69) is 0 Å². The summed E-state index contributed by atoms with van der Waals surface area (Å²) >= 11 is 0. The van der Waals surface area contributed by atoms with Crippen LogP contribution in [0.15, 0.2) is 40.1 Å². The van der Waals surface area contributed by atoms with Crippen LogP contribution in [0.3, 0.4) is 0 Å². The molecule has 0 saturated carbocycles. The van der Waals surface area contributed by atoms with Crippen molar-refractivity contribution >= 4 is 31.0 Å². The molecule has 0 aliphatic carbocycles. The highest BCUT2D eigenvalue weighted by Crippen LogP contribution is 2.31. The van der Waals surface area contributed by atoms with E-state index in [9.17, 15) is 21.9 Å². The Morgan fingerprint density at radius 2 is 1.42 bits per heavy atom. The average molecular weight is 304 g/mol. The lowest BCUT2D eigenvalue weighted by molar-refractivity contribution is 0.467.